The zero-order valence-corrected chi connectivity index (χ0v) is 15.2. The molecule has 1 aromatic carbocycles. The highest BCUT2D eigenvalue weighted by Crippen LogP contribution is 2.30. The fourth-order valence-electron chi connectivity index (χ4n) is 2.77. The summed E-state index contributed by atoms with van der Waals surface area (Å²) in [6, 6.07) is 3.30. The Morgan fingerprint density at radius 3 is 2.54 bits per heavy atom. The number of piperidine rings is 1. The number of carbonyl (C=O) groups is 1. The molecule has 10 heteroatoms. The van der Waals surface area contributed by atoms with E-state index in [1.807, 2.05) is 0 Å². The zero-order chi connectivity index (χ0) is 18.8. The average molecular weight is 398 g/mol. The molecule has 3 rings (SSSR count). The number of thiocarbonyl (C=S) groups is 1. The van der Waals surface area contributed by atoms with Crippen LogP contribution in [0.25, 0.3) is 0 Å². The second-order valence-corrected chi connectivity index (χ2v) is 7.21. The van der Waals surface area contributed by atoms with E-state index in [4.69, 9.17) is 18.0 Å². The molecule has 4 N–H and O–H groups in total. The van der Waals surface area contributed by atoms with E-state index in [1.165, 1.54) is 6.07 Å². The first kappa shape index (κ1) is 18.5. The first-order chi connectivity index (χ1) is 12.4. The number of rotatable bonds is 4. The standard InChI is InChI=1S/C16H16F2N4O2S2/c17-9-2-1-3-10(18)11(9)12(23)13-14(19)21-15(26-13)20-8-4-6-22(7-5-8)16(24)25/h1-3,8H,4-7,19H2,(H,20,21)(H,24,25). The number of nitrogens with zero attached hydrogens (tertiary/aromatic N) is 2. The third-order valence-electron chi connectivity index (χ3n) is 4.14. The predicted molar refractivity (Wildman–Crippen MR) is 99.8 cm³/mol. The molecule has 0 radical (unpaired) electrons. The number of aliphatic hydroxyl groups excluding tert-OH is 1. The zero-order valence-electron chi connectivity index (χ0n) is 13.5. The number of nitrogen functional groups attached to an aromatic ring is 1. The second-order valence-electron chi connectivity index (χ2n) is 5.85. The lowest BCUT2D eigenvalue weighted by molar-refractivity contribution is 0.103. The number of thiazole rings is 1. The number of carbonyl (C=O) groups excluding carboxylic acids is 1. The minimum atomic E-state index is -0.940. The third kappa shape index (κ3) is 3.75. The highest BCUT2D eigenvalue weighted by atomic mass is 32.1. The van der Waals surface area contributed by atoms with E-state index < -0.39 is 23.0 Å². The lowest BCUT2D eigenvalue weighted by Crippen LogP contribution is -2.41. The van der Waals surface area contributed by atoms with Crippen LogP contribution in [0.5, 0.6) is 0 Å². The number of likely N-dealkylation sites (tertiary alicyclic amines) is 1. The van der Waals surface area contributed by atoms with Gasteiger partial charge in [-0.05, 0) is 37.2 Å². The molecule has 0 amide bonds. The number of hydrogen-bond donors (Lipinski definition) is 3. The molecule has 2 aromatic rings. The van der Waals surface area contributed by atoms with E-state index in [2.05, 4.69) is 10.3 Å². The maximum atomic E-state index is 13.8. The van der Waals surface area contributed by atoms with E-state index in [0.717, 1.165) is 23.5 Å². The highest BCUT2D eigenvalue weighted by molar-refractivity contribution is 7.79. The summed E-state index contributed by atoms with van der Waals surface area (Å²) in [4.78, 5) is 18.2. The van der Waals surface area contributed by atoms with E-state index in [0.29, 0.717) is 31.1 Å². The molecule has 26 heavy (non-hydrogen) atoms. The maximum Gasteiger partial charge on any atom is 0.256 e. The molecule has 0 saturated carbocycles. The average Bonchev–Trinajstić information content (AvgIpc) is 2.95. The van der Waals surface area contributed by atoms with Gasteiger partial charge in [0.2, 0.25) is 5.78 Å². The molecular weight excluding hydrogens is 382 g/mol. The molecule has 0 aliphatic carbocycles. The number of nitrogens with one attached hydrogen (secondary N) is 1. The van der Waals surface area contributed by atoms with Gasteiger partial charge in [0.1, 0.15) is 22.3 Å². The van der Waals surface area contributed by atoms with Gasteiger partial charge in [0.05, 0.1) is 5.56 Å². The van der Waals surface area contributed by atoms with Gasteiger partial charge in [-0.3, -0.25) is 4.79 Å². The Morgan fingerprint density at radius 1 is 1.35 bits per heavy atom. The first-order valence-electron chi connectivity index (χ1n) is 7.86. The van der Waals surface area contributed by atoms with Gasteiger partial charge in [0.25, 0.3) is 5.17 Å². The van der Waals surface area contributed by atoms with Gasteiger partial charge < -0.3 is 21.1 Å². The summed E-state index contributed by atoms with van der Waals surface area (Å²) in [5.41, 5.74) is 5.14. The number of hydrogen-bond acceptors (Lipinski definition) is 6. The Bertz CT molecular complexity index is 831. The minimum absolute atomic E-state index is 0.00882. The normalized spacial score (nSPS) is 15.1. The Labute approximate surface area is 157 Å². The fourth-order valence-corrected chi connectivity index (χ4v) is 3.86. The summed E-state index contributed by atoms with van der Waals surface area (Å²) >= 11 is 5.70. The Hall–Kier alpha value is -2.33. The topological polar surface area (TPSA) is 91.5 Å². The van der Waals surface area contributed by atoms with Gasteiger partial charge in [-0.1, -0.05) is 17.4 Å². The number of ketones is 1. The molecule has 1 fully saturated rings. The summed E-state index contributed by atoms with van der Waals surface area (Å²) < 4.78 is 27.7. The first-order valence-corrected chi connectivity index (χ1v) is 9.08. The van der Waals surface area contributed by atoms with Crippen molar-refractivity contribution in [3.05, 3.63) is 40.3 Å². The van der Waals surface area contributed by atoms with Crippen molar-refractivity contribution in [2.45, 2.75) is 18.9 Å². The van der Waals surface area contributed by atoms with Crippen molar-refractivity contribution in [1.29, 1.82) is 0 Å². The molecule has 138 valence electrons. The molecule has 1 saturated heterocycles. The number of aliphatic hydroxyl groups is 1. The van der Waals surface area contributed by atoms with Crippen LogP contribution in [-0.4, -0.2) is 45.1 Å². The van der Waals surface area contributed by atoms with E-state index >= 15 is 0 Å². The lowest BCUT2D eigenvalue weighted by atomic mass is 10.1. The summed E-state index contributed by atoms with van der Waals surface area (Å²) in [5.74, 6) is -2.78. The Kier molecular flexibility index (Phi) is 5.33. The lowest BCUT2D eigenvalue weighted by Gasteiger charge is -2.31. The Morgan fingerprint density at radius 2 is 1.96 bits per heavy atom. The van der Waals surface area contributed by atoms with Crippen molar-refractivity contribution in [3.8, 4) is 0 Å². The molecule has 2 heterocycles. The van der Waals surface area contributed by atoms with Crippen LogP contribution in [-0.2, 0) is 0 Å². The molecular formula is C16H16F2N4O2S2. The predicted octanol–water partition coefficient (Wildman–Crippen LogP) is 2.95. The van der Waals surface area contributed by atoms with Gasteiger partial charge in [-0.15, -0.1) is 0 Å². The smallest absolute Gasteiger partial charge is 0.256 e. The van der Waals surface area contributed by atoms with Crippen molar-refractivity contribution in [1.82, 2.24) is 9.88 Å². The van der Waals surface area contributed by atoms with Gasteiger partial charge in [0, 0.05) is 19.1 Å². The van der Waals surface area contributed by atoms with Gasteiger partial charge >= 0.3 is 0 Å². The number of nitrogens with two attached hydrogens (primary N) is 1. The Balaban J connectivity index is 1.74. The van der Waals surface area contributed by atoms with Crippen LogP contribution >= 0.6 is 23.6 Å². The molecule has 1 aliphatic rings. The van der Waals surface area contributed by atoms with E-state index in [-0.39, 0.29) is 21.9 Å². The van der Waals surface area contributed by atoms with Crippen LogP contribution in [0, 0.1) is 11.6 Å². The number of aromatic nitrogens is 1. The summed E-state index contributed by atoms with van der Waals surface area (Å²) in [5, 5.41) is 12.8. The fraction of sp³-hybridized carbons (Fsp3) is 0.312. The van der Waals surface area contributed by atoms with Crippen LogP contribution in [0.3, 0.4) is 0 Å². The highest BCUT2D eigenvalue weighted by Gasteiger charge is 2.26. The molecule has 0 bridgehead atoms. The maximum absolute atomic E-state index is 13.8. The number of benzene rings is 1. The molecule has 1 aromatic heterocycles. The number of halogens is 2. The monoisotopic (exact) mass is 398 g/mol. The van der Waals surface area contributed by atoms with Crippen molar-refractivity contribution in [3.63, 3.8) is 0 Å². The van der Waals surface area contributed by atoms with Crippen LogP contribution in [0.2, 0.25) is 0 Å². The summed E-state index contributed by atoms with van der Waals surface area (Å²) in [6.07, 6.45) is 1.43. The van der Waals surface area contributed by atoms with Gasteiger partial charge in [-0.25, -0.2) is 13.8 Å². The summed E-state index contributed by atoms with van der Waals surface area (Å²) in [6.45, 7) is 1.19. The van der Waals surface area contributed by atoms with Crippen molar-refractivity contribution in [2.24, 2.45) is 0 Å². The van der Waals surface area contributed by atoms with Crippen molar-refractivity contribution in [2.75, 3.05) is 24.1 Å². The molecule has 0 spiro atoms. The SMILES string of the molecule is Nc1nc(NC2CCN(C(O)=S)CC2)sc1C(=O)c1c(F)cccc1F. The minimum Gasteiger partial charge on any atom is -0.487 e. The van der Waals surface area contributed by atoms with Gasteiger partial charge in [-0.2, -0.15) is 0 Å². The van der Waals surface area contributed by atoms with E-state index in [9.17, 15) is 18.7 Å². The molecule has 0 atom stereocenters. The molecule has 6 nitrogen and oxygen atoms in total. The largest absolute Gasteiger partial charge is 0.487 e. The summed E-state index contributed by atoms with van der Waals surface area (Å²) in [7, 11) is 0. The third-order valence-corrected chi connectivity index (χ3v) is 5.40. The van der Waals surface area contributed by atoms with Crippen LogP contribution in [0.1, 0.15) is 28.1 Å². The van der Waals surface area contributed by atoms with Crippen LogP contribution in [0.15, 0.2) is 18.2 Å². The van der Waals surface area contributed by atoms with Crippen LogP contribution in [0.4, 0.5) is 19.7 Å². The number of anilines is 2. The van der Waals surface area contributed by atoms with Crippen molar-refractivity contribution >= 4 is 45.5 Å². The molecule has 0 unspecified atom stereocenters. The van der Waals surface area contributed by atoms with E-state index in [1.54, 1.807) is 4.90 Å². The quantitative estimate of drug-likeness (QED) is 0.539. The van der Waals surface area contributed by atoms with Crippen LogP contribution < -0.4 is 11.1 Å². The second kappa shape index (κ2) is 7.50. The molecule has 1 aliphatic heterocycles. The van der Waals surface area contributed by atoms with Gasteiger partial charge in [0.15, 0.2) is 5.13 Å². The van der Waals surface area contributed by atoms with Crippen molar-refractivity contribution < 1.29 is 18.7 Å².